The molecule has 1 saturated heterocycles. The maximum absolute atomic E-state index is 13.1. The number of pyridine rings is 1. The van der Waals surface area contributed by atoms with Gasteiger partial charge >= 0.3 is 0 Å². The van der Waals surface area contributed by atoms with Gasteiger partial charge in [0.05, 0.1) is 19.2 Å². The first-order valence-corrected chi connectivity index (χ1v) is 10.6. The van der Waals surface area contributed by atoms with Crippen LogP contribution in [0.25, 0.3) is 10.9 Å². The monoisotopic (exact) mass is 400 g/mol. The molecule has 1 aromatic heterocycles. The summed E-state index contributed by atoms with van der Waals surface area (Å²) in [6, 6.07) is 5.34. The topological polar surface area (TPSA) is 71.6 Å². The van der Waals surface area contributed by atoms with Gasteiger partial charge in [0.15, 0.2) is 11.5 Å². The van der Waals surface area contributed by atoms with Crippen molar-refractivity contribution < 1.29 is 14.3 Å². The lowest BCUT2D eigenvalue weighted by molar-refractivity contribution is 0.0621. The molecule has 2 heterocycles. The van der Waals surface area contributed by atoms with Crippen molar-refractivity contribution in [2.75, 3.05) is 26.8 Å². The number of H-pyrrole nitrogens is 1. The van der Waals surface area contributed by atoms with E-state index >= 15 is 0 Å². The molecule has 1 aromatic carbocycles. The Bertz CT molecular complexity index is 911. The van der Waals surface area contributed by atoms with Crippen LogP contribution in [0.2, 0.25) is 0 Å². The van der Waals surface area contributed by atoms with Crippen molar-refractivity contribution in [1.82, 2.24) is 9.88 Å². The van der Waals surface area contributed by atoms with Gasteiger partial charge in [0.1, 0.15) is 5.56 Å². The third-order valence-electron chi connectivity index (χ3n) is 5.54. The molecular formula is C23H32N2O4. The van der Waals surface area contributed by atoms with Crippen LogP contribution >= 0.6 is 0 Å². The molecule has 0 bridgehead atoms. The van der Waals surface area contributed by atoms with Gasteiger partial charge in [-0.25, -0.2) is 0 Å². The van der Waals surface area contributed by atoms with Crippen LogP contribution in [0.5, 0.6) is 11.5 Å². The van der Waals surface area contributed by atoms with Crippen LogP contribution in [-0.4, -0.2) is 42.6 Å². The van der Waals surface area contributed by atoms with Crippen molar-refractivity contribution in [3.8, 4) is 11.5 Å². The quantitative estimate of drug-likeness (QED) is 0.706. The fourth-order valence-electron chi connectivity index (χ4n) is 4.22. The van der Waals surface area contributed by atoms with Crippen molar-refractivity contribution in [2.24, 2.45) is 11.8 Å². The highest BCUT2D eigenvalue weighted by Crippen LogP contribution is 2.34. The molecule has 3 rings (SSSR count). The number of ether oxygens (including phenoxy) is 2. The van der Waals surface area contributed by atoms with E-state index in [-0.39, 0.29) is 17.0 Å². The molecule has 1 N–H and O–H groups in total. The SMILES string of the molecule is CCCCCOc1c(OC)ccc2cc(C(=O)N3CC(C)CC(C)C3)c(=O)[nH]c12. The number of amides is 1. The van der Waals surface area contributed by atoms with E-state index in [1.165, 1.54) is 0 Å². The summed E-state index contributed by atoms with van der Waals surface area (Å²) in [5, 5.41) is 0.761. The van der Waals surface area contributed by atoms with E-state index < -0.39 is 0 Å². The van der Waals surface area contributed by atoms with Crippen LogP contribution in [0, 0.1) is 11.8 Å². The number of piperidine rings is 1. The second kappa shape index (κ2) is 9.33. The van der Waals surface area contributed by atoms with E-state index in [2.05, 4.69) is 25.8 Å². The summed E-state index contributed by atoms with van der Waals surface area (Å²) < 4.78 is 11.4. The molecule has 0 spiro atoms. The zero-order valence-electron chi connectivity index (χ0n) is 17.9. The van der Waals surface area contributed by atoms with Crippen LogP contribution in [0.3, 0.4) is 0 Å². The number of fused-ring (bicyclic) bond motifs is 1. The van der Waals surface area contributed by atoms with Gasteiger partial charge in [0.2, 0.25) is 0 Å². The Labute approximate surface area is 172 Å². The van der Waals surface area contributed by atoms with E-state index in [0.717, 1.165) is 31.1 Å². The first-order valence-electron chi connectivity index (χ1n) is 10.6. The number of unbranched alkanes of at least 4 members (excludes halogenated alkanes) is 2. The van der Waals surface area contributed by atoms with E-state index in [1.54, 1.807) is 18.1 Å². The zero-order chi connectivity index (χ0) is 21.0. The molecule has 0 saturated carbocycles. The highest BCUT2D eigenvalue weighted by atomic mass is 16.5. The average molecular weight is 401 g/mol. The van der Waals surface area contributed by atoms with Gasteiger partial charge in [-0.3, -0.25) is 9.59 Å². The molecule has 1 amide bonds. The van der Waals surface area contributed by atoms with E-state index in [0.29, 0.717) is 48.5 Å². The van der Waals surface area contributed by atoms with Crippen LogP contribution in [-0.2, 0) is 0 Å². The summed E-state index contributed by atoms with van der Waals surface area (Å²) in [6.07, 6.45) is 4.22. The van der Waals surface area contributed by atoms with Gasteiger partial charge in [0, 0.05) is 18.5 Å². The number of benzene rings is 1. The van der Waals surface area contributed by atoms with E-state index in [4.69, 9.17) is 9.47 Å². The molecule has 29 heavy (non-hydrogen) atoms. The largest absolute Gasteiger partial charge is 0.493 e. The van der Waals surface area contributed by atoms with Gasteiger partial charge in [-0.05, 0) is 42.9 Å². The summed E-state index contributed by atoms with van der Waals surface area (Å²) in [6.45, 7) is 8.36. The number of nitrogens with zero attached hydrogens (tertiary/aromatic N) is 1. The first-order chi connectivity index (χ1) is 13.9. The molecule has 2 aromatic rings. The Balaban J connectivity index is 1.94. The summed E-state index contributed by atoms with van der Waals surface area (Å²) >= 11 is 0. The van der Waals surface area contributed by atoms with Crippen LogP contribution in [0.4, 0.5) is 0 Å². The number of aromatic nitrogens is 1. The Morgan fingerprint density at radius 3 is 2.59 bits per heavy atom. The molecule has 158 valence electrons. The van der Waals surface area contributed by atoms with Crippen molar-refractivity contribution in [3.63, 3.8) is 0 Å². The van der Waals surface area contributed by atoms with Crippen molar-refractivity contribution in [3.05, 3.63) is 34.1 Å². The number of rotatable bonds is 7. The number of hydrogen-bond acceptors (Lipinski definition) is 4. The Hall–Kier alpha value is -2.50. The van der Waals surface area contributed by atoms with Crippen LogP contribution in [0.1, 0.15) is 56.8 Å². The minimum absolute atomic E-state index is 0.181. The molecule has 1 fully saturated rings. The van der Waals surface area contributed by atoms with Gasteiger partial charge in [0.25, 0.3) is 11.5 Å². The summed E-state index contributed by atoms with van der Waals surface area (Å²) in [5.41, 5.74) is 0.365. The van der Waals surface area contributed by atoms with Gasteiger partial charge < -0.3 is 19.4 Å². The second-order valence-electron chi connectivity index (χ2n) is 8.29. The zero-order valence-corrected chi connectivity index (χ0v) is 17.9. The number of hydrogen-bond donors (Lipinski definition) is 1. The molecule has 0 radical (unpaired) electrons. The number of aromatic amines is 1. The predicted octanol–water partition coefficient (Wildman–Crippen LogP) is 4.22. The minimum atomic E-state index is -0.389. The molecule has 1 aliphatic heterocycles. The fraction of sp³-hybridized carbons (Fsp3) is 0.565. The smallest absolute Gasteiger partial charge is 0.261 e. The molecule has 0 aliphatic carbocycles. The van der Waals surface area contributed by atoms with Crippen molar-refractivity contribution >= 4 is 16.8 Å². The fourth-order valence-corrected chi connectivity index (χ4v) is 4.22. The van der Waals surface area contributed by atoms with Crippen molar-refractivity contribution in [1.29, 1.82) is 0 Å². The summed E-state index contributed by atoms with van der Waals surface area (Å²) in [7, 11) is 1.58. The molecule has 6 heteroatoms. The third-order valence-corrected chi connectivity index (χ3v) is 5.54. The highest BCUT2D eigenvalue weighted by molar-refractivity contribution is 5.98. The standard InChI is InChI=1S/C23H32N2O4/c1-5-6-7-10-29-21-19(28-4)9-8-17-12-18(22(26)24-20(17)21)23(27)25-13-15(2)11-16(3)14-25/h8-9,12,15-16H,5-7,10-11,13-14H2,1-4H3,(H,24,26). The molecule has 2 unspecified atom stereocenters. The van der Waals surface area contributed by atoms with Crippen LogP contribution in [0.15, 0.2) is 23.0 Å². The number of methoxy groups -OCH3 is 1. The number of nitrogens with one attached hydrogen (secondary N) is 1. The summed E-state index contributed by atoms with van der Waals surface area (Å²) in [5.74, 6) is 1.77. The lowest BCUT2D eigenvalue weighted by atomic mass is 9.91. The second-order valence-corrected chi connectivity index (χ2v) is 8.29. The Morgan fingerprint density at radius 1 is 1.21 bits per heavy atom. The molecule has 6 nitrogen and oxygen atoms in total. The normalized spacial score (nSPS) is 19.4. The van der Waals surface area contributed by atoms with Gasteiger partial charge in [-0.15, -0.1) is 0 Å². The molecular weight excluding hydrogens is 368 g/mol. The average Bonchev–Trinajstić information content (AvgIpc) is 2.69. The van der Waals surface area contributed by atoms with Gasteiger partial charge in [-0.1, -0.05) is 33.6 Å². The Kier molecular flexibility index (Phi) is 6.83. The maximum atomic E-state index is 13.1. The van der Waals surface area contributed by atoms with E-state index in [1.807, 2.05) is 12.1 Å². The number of carbonyl (C=O) groups is 1. The maximum Gasteiger partial charge on any atom is 0.261 e. The van der Waals surface area contributed by atoms with Gasteiger partial charge in [-0.2, -0.15) is 0 Å². The first kappa shape index (κ1) is 21.2. The van der Waals surface area contributed by atoms with E-state index in [9.17, 15) is 9.59 Å². The third kappa shape index (κ3) is 4.74. The molecule has 1 aliphatic rings. The Morgan fingerprint density at radius 2 is 1.93 bits per heavy atom. The minimum Gasteiger partial charge on any atom is -0.493 e. The summed E-state index contributed by atoms with van der Waals surface area (Å²) in [4.78, 5) is 30.5. The number of likely N-dealkylation sites (tertiary alicyclic amines) is 1. The van der Waals surface area contributed by atoms with Crippen molar-refractivity contribution in [2.45, 2.75) is 46.5 Å². The number of carbonyl (C=O) groups excluding carboxylic acids is 1. The highest BCUT2D eigenvalue weighted by Gasteiger charge is 2.28. The molecule has 2 atom stereocenters. The predicted molar refractivity (Wildman–Crippen MR) is 115 cm³/mol. The lowest BCUT2D eigenvalue weighted by Crippen LogP contribution is -2.44. The van der Waals surface area contributed by atoms with Crippen LogP contribution < -0.4 is 15.0 Å². The lowest BCUT2D eigenvalue weighted by Gasteiger charge is -2.34.